The van der Waals surface area contributed by atoms with E-state index in [1.54, 1.807) is 7.11 Å². The van der Waals surface area contributed by atoms with E-state index in [1.165, 1.54) is 12.1 Å². The van der Waals surface area contributed by atoms with Crippen LogP contribution in [0.25, 0.3) is 0 Å². The molecule has 0 aromatic heterocycles. The molecule has 0 aliphatic heterocycles. The Morgan fingerprint density at radius 2 is 1.90 bits per heavy atom. The van der Waals surface area contributed by atoms with Crippen LogP contribution in [0.3, 0.4) is 0 Å². The number of rotatable bonds is 9. The molecule has 5 rings (SSSR count). The molecule has 2 bridgehead atoms. The highest BCUT2D eigenvalue weighted by Gasteiger charge is 2.68. The van der Waals surface area contributed by atoms with Crippen LogP contribution in [0.15, 0.2) is 42.5 Å². The Kier molecular flexibility index (Phi) is 5.55. The number of hydrogen-bond acceptors (Lipinski definition) is 4. The number of carbonyl (C=O) groups is 2. The van der Waals surface area contributed by atoms with Gasteiger partial charge in [0, 0.05) is 30.7 Å². The molecule has 0 saturated heterocycles. The van der Waals surface area contributed by atoms with Gasteiger partial charge in [-0.15, -0.1) is 0 Å². The molecule has 30 heavy (non-hydrogen) atoms. The van der Waals surface area contributed by atoms with E-state index < -0.39 is 5.82 Å². The second-order valence-electron chi connectivity index (χ2n) is 8.41. The van der Waals surface area contributed by atoms with Crippen LogP contribution in [0.5, 0.6) is 5.75 Å². The zero-order valence-corrected chi connectivity index (χ0v) is 17.4. The van der Waals surface area contributed by atoms with Gasteiger partial charge in [-0.25, -0.2) is 4.39 Å². The number of ether oxygens (including phenoxy) is 2. The number of methoxy groups -OCH3 is 1. The fraction of sp³-hybridized carbons (Fsp3) is 0.391. The molecule has 3 fully saturated rings. The van der Waals surface area contributed by atoms with Crippen molar-refractivity contribution in [2.75, 3.05) is 13.7 Å². The first-order chi connectivity index (χ1) is 14.3. The molecule has 0 unspecified atom stereocenters. The van der Waals surface area contributed by atoms with E-state index in [4.69, 9.17) is 21.1 Å². The number of carbonyl (C=O) groups excluding carboxylic acids is 2. The summed E-state index contributed by atoms with van der Waals surface area (Å²) in [5.41, 5.74) is 1.35. The van der Waals surface area contributed by atoms with E-state index in [2.05, 4.69) is 5.32 Å². The Morgan fingerprint density at radius 3 is 2.60 bits per heavy atom. The molecule has 0 spiro atoms. The smallest absolute Gasteiger partial charge is 0.258 e. The lowest BCUT2D eigenvalue weighted by molar-refractivity contribution is -0.164. The fourth-order valence-corrected chi connectivity index (χ4v) is 4.99. The minimum absolute atomic E-state index is 0.00496. The number of nitrogens with one attached hydrogen (secondary N) is 1. The van der Waals surface area contributed by atoms with Crippen molar-refractivity contribution in [1.82, 2.24) is 5.32 Å². The topological polar surface area (TPSA) is 64.6 Å². The average Bonchev–Trinajstić information content (AvgIpc) is 2.67. The molecule has 7 heteroatoms. The minimum Gasteiger partial charge on any atom is -0.484 e. The molecule has 0 heterocycles. The fourth-order valence-electron chi connectivity index (χ4n) is 4.88. The number of amides is 1. The van der Waals surface area contributed by atoms with Crippen molar-refractivity contribution in [3.8, 4) is 5.75 Å². The summed E-state index contributed by atoms with van der Waals surface area (Å²) in [6.07, 6.45) is 2.85. The lowest BCUT2D eigenvalue weighted by Gasteiger charge is -2.70. The summed E-state index contributed by atoms with van der Waals surface area (Å²) in [6, 6.07) is 11.6. The normalized spacial score (nSPS) is 23.8. The first-order valence-corrected chi connectivity index (χ1v) is 10.2. The summed E-state index contributed by atoms with van der Waals surface area (Å²) in [5, 5.41) is 3.01. The van der Waals surface area contributed by atoms with E-state index >= 15 is 0 Å². The molecule has 0 radical (unpaired) electrons. The highest BCUT2D eigenvalue weighted by atomic mass is 35.5. The second-order valence-corrected chi connectivity index (χ2v) is 8.82. The third-order valence-electron chi connectivity index (χ3n) is 5.96. The van der Waals surface area contributed by atoms with Crippen LogP contribution < -0.4 is 10.1 Å². The third-order valence-corrected chi connectivity index (χ3v) is 6.27. The van der Waals surface area contributed by atoms with Crippen molar-refractivity contribution in [3.63, 3.8) is 0 Å². The standard InChI is InChI=1S/C23H23ClFNO4/c1-29-10-15-4-2-3-5-17(15)20(27)9-22-12-23(13-22,14-22)26-21(28)11-30-16-6-7-18(24)19(25)8-16/h2-8H,9-14H2,1H3,(H,26,28). The molecular weight excluding hydrogens is 409 g/mol. The first-order valence-electron chi connectivity index (χ1n) is 9.83. The largest absolute Gasteiger partial charge is 0.484 e. The lowest BCUT2D eigenvalue weighted by Crippen LogP contribution is -2.75. The van der Waals surface area contributed by atoms with E-state index in [9.17, 15) is 14.0 Å². The molecule has 158 valence electrons. The van der Waals surface area contributed by atoms with E-state index in [0.717, 1.165) is 30.9 Å². The minimum atomic E-state index is -0.590. The Bertz CT molecular complexity index is 973. The van der Waals surface area contributed by atoms with Gasteiger partial charge in [-0.1, -0.05) is 35.9 Å². The summed E-state index contributed by atoms with van der Waals surface area (Å²) >= 11 is 5.63. The molecule has 5 nitrogen and oxygen atoms in total. The SMILES string of the molecule is COCc1ccccc1C(=O)CC12CC(NC(=O)COc3ccc(Cl)c(F)c3)(C1)C2. The van der Waals surface area contributed by atoms with Crippen LogP contribution in [-0.4, -0.2) is 30.9 Å². The molecule has 1 N–H and O–H groups in total. The molecular formula is C23H23ClFNO4. The Balaban J connectivity index is 1.26. The Labute approximate surface area is 179 Å². The highest BCUT2D eigenvalue weighted by molar-refractivity contribution is 6.30. The zero-order valence-electron chi connectivity index (χ0n) is 16.7. The van der Waals surface area contributed by atoms with Gasteiger partial charge in [-0.05, 0) is 42.4 Å². The maximum absolute atomic E-state index is 13.4. The maximum Gasteiger partial charge on any atom is 0.258 e. The van der Waals surface area contributed by atoms with Gasteiger partial charge >= 0.3 is 0 Å². The van der Waals surface area contributed by atoms with Crippen molar-refractivity contribution in [2.45, 2.75) is 37.8 Å². The summed E-state index contributed by atoms with van der Waals surface area (Å²) in [5.74, 6) is -0.472. The molecule has 1 amide bonds. The summed E-state index contributed by atoms with van der Waals surface area (Å²) in [6.45, 7) is 0.214. The lowest BCUT2D eigenvalue weighted by atomic mass is 9.38. The van der Waals surface area contributed by atoms with Crippen LogP contribution >= 0.6 is 11.6 Å². The number of benzene rings is 2. The molecule has 3 aliphatic rings. The van der Waals surface area contributed by atoms with Crippen molar-refractivity contribution < 1.29 is 23.5 Å². The van der Waals surface area contributed by atoms with Gasteiger partial charge in [0.15, 0.2) is 12.4 Å². The average molecular weight is 432 g/mol. The molecule has 0 atom stereocenters. The first kappa shape index (κ1) is 20.8. The van der Waals surface area contributed by atoms with Gasteiger partial charge < -0.3 is 14.8 Å². The number of hydrogen-bond donors (Lipinski definition) is 1. The zero-order chi connectivity index (χ0) is 21.4. The van der Waals surface area contributed by atoms with E-state index in [1.807, 2.05) is 24.3 Å². The second kappa shape index (κ2) is 8.00. The predicted molar refractivity (Wildman–Crippen MR) is 110 cm³/mol. The molecule has 2 aromatic rings. The molecule has 3 aliphatic carbocycles. The quantitative estimate of drug-likeness (QED) is 0.601. The van der Waals surface area contributed by atoms with Crippen molar-refractivity contribution >= 4 is 23.3 Å². The van der Waals surface area contributed by atoms with Crippen LogP contribution in [0, 0.1) is 11.2 Å². The number of Topliss-reactive ketones (excluding diaryl/α,β-unsaturated/α-hetero) is 1. The monoisotopic (exact) mass is 431 g/mol. The summed E-state index contributed by atoms with van der Waals surface area (Å²) in [4.78, 5) is 25.0. The Hall–Kier alpha value is -2.44. The number of halogens is 2. The van der Waals surface area contributed by atoms with Crippen molar-refractivity contribution in [2.24, 2.45) is 5.41 Å². The van der Waals surface area contributed by atoms with E-state index in [-0.39, 0.29) is 40.0 Å². The summed E-state index contributed by atoms with van der Waals surface area (Å²) in [7, 11) is 1.61. The van der Waals surface area contributed by atoms with Gasteiger partial charge in [0.25, 0.3) is 5.91 Å². The molecule has 2 aromatic carbocycles. The van der Waals surface area contributed by atoms with Gasteiger partial charge in [-0.2, -0.15) is 0 Å². The van der Waals surface area contributed by atoms with Gasteiger partial charge in [0.1, 0.15) is 11.6 Å². The van der Waals surface area contributed by atoms with Crippen molar-refractivity contribution in [1.29, 1.82) is 0 Å². The van der Waals surface area contributed by atoms with E-state index in [0.29, 0.717) is 18.6 Å². The van der Waals surface area contributed by atoms with Crippen molar-refractivity contribution in [3.05, 3.63) is 64.4 Å². The Morgan fingerprint density at radius 1 is 1.17 bits per heavy atom. The number of ketones is 1. The summed E-state index contributed by atoms with van der Waals surface area (Å²) < 4.78 is 24.0. The van der Waals surface area contributed by atoms with Crippen LogP contribution in [-0.2, 0) is 16.1 Å². The third kappa shape index (κ3) is 4.07. The van der Waals surface area contributed by atoms with Gasteiger partial charge in [-0.3, -0.25) is 9.59 Å². The molecule has 3 saturated carbocycles. The van der Waals surface area contributed by atoms with Gasteiger partial charge in [0.05, 0.1) is 11.6 Å². The maximum atomic E-state index is 13.4. The predicted octanol–water partition coefficient (Wildman–Crippen LogP) is 4.32. The van der Waals surface area contributed by atoms with Gasteiger partial charge in [0.2, 0.25) is 0 Å². The van der Waals surface area contributed by atoms with Crippen LogP contribution in [0.2, 0.25) is 5.02 Å². The highest BCUT2D eigenvalue weighted by Crippen LogP contribution is 2.69. The van der Waals surface area contributed by atoms with Crippen LogP contribution in [0.1, 0.15) is 41.6 Å². The van der Waals surface area contributed by atoms with Crippen LogP contribution in [0.4, 0.5) is 4.39 Å².